The van der Waals surface area contributed by atoms with E-state index in [2.05, 4.69) is 18.4 Å². The molecular formula is C2H7NO4P2S. The van der Waals surface area contributed by atoms with E-state index >= 15 is 0 Å². The van der Waals surface area contributed by atoms with Gasteiger partial charge < -0.3 is 4.52 Å². The zero-order chi connectivity index (χ0) is 8.04. The molecule has 0 saturated heterocycles. The summed E-state index contributed by atoms with van der Waals surface area (Å²) in [6.45, 7) is -0.0434. The topological polar surface area (TPSA) is 76.0 Å². The average Bonchev–Trinajstić information content (AvgIpc) is 1.78. The van der Waals surface area contributed by atoms with Gasteiger partial charge in [0.05, 0.1) is 12.4 Å². The van der Waals surface area contributed by atoms with Gasteiger partial charge >= 0.3 is 0 Å². The van der Waals surface area contributed by atoms with Crippen LogP contribution in [0.2, 0.25) is 0 Å². The number of rotatable bonds is 4. The molecule has 5 nitrogen and oxygen atoms in total. The monoisotopic (exact) mass is 203 g/mol. The summed E-state index contributed by atoms with van der Waals surface area (Å²) in [7, 11) is -1.49. The van der Waals surface area contributed by atoms with E-state index < -0.39 is 10.1 Å². The van der Waals surface area contributed by atoms with Crippen LogP contribution >= 0.6 is 18.0 Å². The lowest BCUT2D eigenvalue weighted by Gasteiger charge is -1.92. The Balaban J connectivity index is 3.39. The van der Waals surface area contributed by atoms with Crippen molar-refractivity contribution in [1.29, 1.82) is 0 Å². The van der Waals surface area contributed by atoms with Gasteiger partial charge in [0.25, 0.3) is 10.1 Å². The van der Waals surface area contributed by atoms with Gasteiger partial charge in [-0.25, -0.2) is 4.52 Å². The molecule has 8 heteroatoms. The van der Waals surface area contributed by atoms with Gasteiger partial charge in [0.2, 0.25) is 0 Å². The Morgan fingerprint density at radius 3 is 2.70 bits per heavy atom. The van der Waals surface area contributed by atoms with Gasteiger partial charge in [-0.1, -0.05) is 0 Å². The molecular weight excluding hydrogens is 196 g/mol. The first-order chi connectivity index (χ1) is 4.56. The minimum absolute atomic E-state index is 0.0434. The van der Waals surface area contributed by atoms with Gasteiger partial charge in [-0.05, 0) is 9.39 Å². The van der Waals surface area contributed by atoms with E-state index in [0.29, 0.717) is 8.60 Å². The fourth-order valence-corrected chi connectivity index (χ4v) is 1.07. The van der Waals surface area contributed by atoms with Crippen molar-refractivity contribution in [1.82, 2.24) is 0 Å². The lowest BCUT2D eigenvalue weighted by Crippen LogP contribution is -2.07. The molecule has 0 aromatic carbocycles. The molecule has 0 amide bonds. The summed E-state index contributed by atoms with van der Waals surface area (Å²) in [4.78, 5) is 0. The second kappa shape index (κ2) is 5.10. The Labute approximate surface area is 63.1 Å². The normalized spacial score (nSPS) is 12.6. The standard InChI is InChI=1S/C2H7NO4P2S/c4-10(5,6)2-1-7-9-3-8/h1-2,8H2,(H,4,5,6). The minimum atomic E-state index is -3.88. The SMILES string of the molecule is O=S(=O)(O)CCOP=NP. The third-order valence-corrected chi connectivity index (χ3v) is 1.90. The molecule has 0 aliphatic heterocycles. The fourth-order valence-electron chi connectivity index (χ4n) is 0.217. The van der Waals surface area contributed by atoms with Crippen molar-refractivity contribution in [2.75, 3.05) is 12.4 Å². The summed E-state index contributed by atoms with van der Waals surface area (Å²) in [5, 5.41) is 0. The third-order valence-electron chi connectivity index (χ3n) is 0.537. The molecule has 1 N–H and O–H groups in total. The summed E-state index contributed by atoms with van der Waals surface area (Å²) in [5.41, 5.74) is 0. The molecule has 1 atom stereocenters. The summed E-state index contributed by atoms with van der Waals surface area (Å²) in [6.07, 6.45) is 0. The van der Waals surface area contributed by atoms with Crippen LogP contribution in [-0.4, -0.2) is 25.3 Å². The molecule has 60 valence electrons. The van der Waals surface area contributed by atoms with Crippen LogP contribution in [0.5, 0.6) is 0 Å². The van der Waals surface area contributed by atoms with Crippen LogP contribution in [0.1, 0.15) is 0 Å². The largest absolute Gasteiger partial charge is 0.310 e. The third kappa shape index (κ3) is 8.40. The van der Waals surface area contributed by atoms with Crippen LogP contribution in [0.3, 0.4) is 0 Å². The highest BCUT2D eigenvalue weighted by Gasteiger charge is 2.02. The molecule has 0 rings (SSSR count). The summed E-state index contributed by atoms with van der Waals surface area (Å²) in [5.74, 6) is -0.389. The molecule has 0 saturated carbocycles. The van der Waals surface area contributed by atoms with Crippen molar-refractivity contribution >= 4 is 28.1 Å². The van der Waals surface area contributed by atoms with E-state index in [-0.39, 0.29) is 12.4 Å². The van der Waals surface area contributed by atoms with Crippen LogP contribution in [0.4, 0.5) is 0 Å². The second-order valence-corrected chi connectivity index (χ2v) is 4.23. The zero-order valence-corrected chi connectivity index (χ0v) is 7.83. The van der Waals surface area contributed by atoms with Gasteiger partial charge in [-0.15, -0.1) is 0 Å². The molecule has 10 heavy (non-hydrogen) atoms. The minimum Gasteiger partial charge on any atom is -0.310 e. The Morgan fingerprint density at radius 1 is 1.70 bits per heavy atom. The predicted molar refractivity (Wildman–Crippen MR) is 41.4 cm³/mol. The van der Waals surface area contributed by atoms with Gasteiger partial charge in [0.1, 0.15) is 0 Å². The number of hydrogen-bond donors (Lipinski definition) is 1. The lowest BCUT2D eigenvalue weighted by molar-refractivity contribution is 0.385. The van der Waals surface area contributed by atoms with Crippen LogP contribution in [-0.2, 0) is 14.6 Å². The van der Waals surface area contributed by atoms with E-state index in [1.165, 1.54) is 0 Å². The highest BCUT2D eigenvalue weighted by atomic mass is 32.2. The zero-order valence-electron chi connectivity index (χ0n) is 4.97. The predicted octanol–water partition coefficient (Wildman–Crippen LogP) is 0.726. The highest BCUT2D eigenvalue weighted by Crippen LogP contribution is 2.05. The smallest absolute Gasteiger partial charge is 0.267 e. The highest BCUT2D eigenvalue weighted by molar-refractivity contribution is 7.85. The maximum absolute atomic E-state index is 10.0. The Morgan fingerprint density at radius 2 is 2.30 bits per heavy atom. The Kier molecular flexibility index (Phi) is 5.31. The molecule has 0 aromatic heterocycles. The molecule has 0 bridgehead atoms. The van der Waals surface area contributed by atoms with Crippen molar-refractivity contribution in [2.45, 2.75) is 0 Å². The maximum atomic E-state index is 10.0. The van der Waals surface area contributed by atoms with E-state index in [1.54, 1.807) is 0 Å². The molecule has 0 fully saturated rings. The number of nitrogens with zero attached hydrogens (tertiary/aromatic N) is 1. The van der Waals surface area contributed by atoms with E-state index in [0.717, 1.165) is 0 Å². The first kappa shape index (κ1) is 10.4. The summed E-state index contributed by atoms with van der Waals surface area (Å²) in [6, 6.07) is 0. The van der Waals surface area contributed by atoms with Gasteiger partial charge in [0, 0.05) is 0 Å². The van der Waals surface area contributed by atoms with Crippen molar-refractivity contribution in [3.8, 4) is 0 Å². The van der Waals surface area contributed by atoms with Crippen molar-refractivity contribution in [3.05, 3.63) is 0 Å². The van der Waals surface area contributed by atoms with Gasteiger partial charge in [-0.3, -0.25) is 4.55 Å². The van der Waals surface area contributed by atoms with Crippen LogP contribution in [0.15, 0.2) is 4.52 Å². The maximum Gasteiger partial charge on any atom is 0.267 e. The number of hydrogen-bond acceptors (Lipinski definition) is 4. The van der Waals surface area contributed by atoms with Gasteiger partial charge in [-0.2, -0.15) is 8.42 Å². The molecule has 0 radical (unpaired) electrons. The molecule has 0 heterocycles. The van der Waals surface area contributed by atoms with Crippen LogP contribution in [0.25, 0.3) is 0 Å². The first-order valence-electron chi connectivity index (χ1n) is 2.23. The van der Waals surface area contributed by atoms with Gasteiger partial charge in [0.15, 0.2) is 8.60 Å². The molecule has 0 aliphatic carbocycles. The molecule has 0 aromatic rings. The Bertz CT molecular complexity index is 199. The fraction of sp³-hybridized carbons (Fsp3) is 1.00. The van der Waals surface area contributed by atoms with Crippen LogP contribution in [0, 0.1) is 0 Å². The lowest BCUT2D eigenvalue weighted by atomic mass is 10.9. The Hall–Kier alpha value is 0.400. The quantitative estimate of drug-likeness (QED) is 0.415. The van der Waals surface area contributed by atoms with E-state index in [9.17, 15) is 8.42 Å². The van der Waals surface area contributed by atoms with E-state index in [4.69, 9.17) is 4.55 Å². The van der Waals surface area contributed by atoms with E-state index in [1.807, 2.05) is 0 Å². The van der Waals surface area contributed by atoms with Crippen LogP contribution < -0.4 is 0 Å². The molecule has 0 spiro atoms. The molecule has 0 aliphatic rings. The summed E-state index contributed by atoms with van der Waals surface area (Å²) < 4.78 is 36.3. The second-order valence-electron chi connectivity index (χ2n) is 1.32. The first-order valence-corrected chi connectivity index (χ1v) is 5.12. The summed E-state index contributed by atoms with van der Waals surface area (Å²) >= 11 is 0. The van der Waals surface area contributed by atoms with Crippen molar-refractivity contribution in [2.24, 2.45) is 4.52 Å². The van der Waals surface area contributed by atoms with Crippen molar-refractivity contribution in [3.63, 3.8) is 0 Å². The van der Waals surface area contributed by atoms with Crippen molar-refractivity contribution < 1.29 is 17.5 Å². The average molecular weight is 203 g/mol. The molecule has 1 unspecified atom stereocenters.